The Morgan fingerprint density at radius 1 is 1.15 bits per heavy atom. The molecule has 0 fully saturated rings. The lowest BCUT2D eigenvalue weighted by molar-refractivity contribution is 0.0962. The fraction of sp³-hybridized carbons (Fsp3) is 0. The zero-order valence-electron chi connectivity index (χ0n) is 10.2. The second-order valence-electron chi connectivity index (χ2n) is 3.71. The molecule has 0 radical (unpaired) electrons. The summed E-state index contributed by atoms with van der Waals surface area (Å²) in [6.45, 7) is 0. The number of carbonyl (C=O) groups is 1. The van der Waals surface area contributed by atoms with Gasteiger partial charge in [-0.15, -0.1) is 0 Å². The normalized spacial score (nSPS) is 9.90. The van der Waals surface area contributed by atoms with E-state index in [1.165, 1.54) is 6.33 Å². The van der Waals surface area contributed by atoms with Crippen LogP contribution in [0.3, 0.4) is 0 Å². The number of benzene rings is 1. The number of hydrazine groups is 2. The standard InChI is InChI=1S/C11H12BrN7O/c12-7-3-1-6(2-4-7)11(20)19-18-10-8(13)9(17-14)15-5-16-10/h1-5H,13-14H2,(H,19,20)(H2,15,16,17,18). The van der Waals surface area contributed by atoms with Crippen LogP contribution in [0, 0.1) is 0 Å². The molecule has 1 heterocycles. The fourth-order valence-corrected chi connectivity index (χ4v) is 1.66. The Morgan fingerprint density at radius 3 is 2.45 bits per heavy atom. The molecule has 0 aliphatic rings. The highest BCUT2D eigenvalue weighted by Gasteiger charge is 2.09. The first-order valence-electron chi connectivity index (χ1n) is 5.51. The Hall–Kier alpha value is -2.39. The monoisotopic (exact) mass is 337 g/mol. The Balaban J connectivity index is 2.05. The van der Waals surface area contributed by atoms with Gasteiger partial charge in [0, 0.05) is 10.0 Å². The van der Waals surface area contributed by atoms with Crippen molar-refractivity contribution in [2.24, 2.45) is 5.84 Å². The highest BCUT2D eigenvalue weighted by molar-refractivity contribution is 9.10. The van der Waals surface area contributed by atoms with Gasteiger partial charge in [-0.2, -0.15) is 0 Å². The number of nitrogens with one attached hydrogen (secondary N) is 3. The molecule has 104 valence electrons. The second kappa shape index (κ2) is 6.17. The lowest BCUT2D eigenvalue weighted by Gasteiger charge is -2.11. The van der Waals surface area contributed by atoms with Crippen LogP contribution in [0.1, 0.15) is 10.4 Å². The van der Waals surface area contributed by atoms with E-state index in [9.17, 15) is 4.79 Å². The summed E-state index contributed by atoms with van der Waals surface area (Å²) in [5, 5.41) is 0. The van der Waals surface area contributed by atoms with E-state index in [1.807, 2.05) is 0 Å². The molecular formula is C11H12BrN7O. The smallest absolute Gasteiger partial charge is 0.269 e. The summed E-state index contributed by atoms with van der Waals surface area (Å²) in [7, 11) is 0. The van der Waals surface area contributed by atoms with Gasteiger partial charge in [0.1, 0.15) is 12.0 Å². The lowest BCUT2D eigenvalue weighted by Crippen LogP contribution is -2.30. The molecule has 0 bridgehead atoms. The zero-order chi connectivity index (χ0) is 14.5. The Bertz CT molecular complexity index is 617. The summed E-state index contributed by atoms with van der Waals surface area (Å²) in [4.78, 5) is 19.6. The molecule has 1 aromatic heterocycles. The summed E-state index contributed by atoms with van der Waals surface area (Å²) in [5.74, 6) is 5.43. The first kappa shape index (κ1) is 14.0. The number of halogens is 1. The molecule has 0 atom stereocenters. The lowest BCUT2D eigenvalue weighted by atomic mass is 10.2. The van der Waals surface area contributed by atoms with Gasteiger partial charge >= 0.3 is 0 Å². The van der Waals surface area contributed by atoms with Gasteiger partial charge in [0.2, 0.25) is 0 Å². The van der Waals surface area contributed by atoms with Crippen LogP contribution in [0.2, 0.25) is 0 Å². The molecule has 0 unspecified atom stereocenters. The summed E-state index contributed by atoms with van der Waals surface area (Å²) in [6, 6.07) is 6.89. The molecule has 0 saturated carbocycles. The fourth-order valence-electron chi connectivity index (χ4n) is 1.40. The van der Waals surface area contributed by atoms with Crippen molar-refractivity contribution in [3.8, 4) is 0 Å². The summed E-state index contributed by atoms with van der Waals surface area (Å²) in [6.07, 6.45) is 1.26. The SMILES string of the molecule is NNc1ncnc(NNC(=O)c2ccc(Br)cc2)c1N. The molecule has 2 rings (SSSR count). The van der Waals surface area contributed by atoms with Crippen molar-refractivity contribution in [1.82, 2.24) is 15.4 Å². The molecule has 0 spiro atoms. The van der Waals surface area contributed by atoms with Crippen LogP contribution < -0.4 is 27.9 Å². The summed E-state index contributed by atoms with van der Waals surface area (Å²) in [5.41, 5.74) is 13.9. The van der Waals surface area contributed by atoms with E-state index in [1.54, 1.807) is 24.3 Å². The van der Waals surface area contributed by atoms with Crippen molar-refractivity contribution in [2.45, 2.75) is 0 Å². The molecular weight excluding hydrogens is 326 g/mol. The van der Waals surface area contributed by atoms with Gasteiger partial charge < -0.3 is 11.2 Å². The third kappa shape index (κ3) is 3.13. The Morgan fingerprint density at radius 2 is 1.80 bits per heavy atom. The van der Waals surface area contributed by atoms with E-state index in [0.29, 0.717) is 5.56 Å². The predicted octanol–water partition coefficient (Wildman–Crippen LogP) is 0.864. The van der Waals surface area contributed by atoms with Crippen molar-refractivity contribution in [3.05, 3.63) is 40.6 Å². The van der Waals surface area contributed by atoms with Crippen LogP contribution in [0.4, 0.5) is 17.3 Å². The van der Waals surface area contributed by atoms with E-state index in [2.05, 4.69) is 42.2 Å². The molecule has 7 N–H and O–H groups in total. The molecule has 8 nitrogen and oxygen atoms in total. The molecule has 9 heteroatoms. The number of rotatable bonds is 4. The third-order valence-electron chi connectivity index (χ3n) is 2.42. The average molecular weight is 338 g/mol. The molecule has 0 saturated heterocycles. The second-order valence-corrected chi connectivity index (χ2v) is 4.63. The van der Waals surface area contributed by atoms with Gasteiger partial charge in [0.25, 0.3) is 5.91 Å². The third-order valence-corrected chi connectivity index (χ3v) is 2.95. The highest BCUT2D eigenvalue weighted by Crippen LogP contribution is 2.20. The average Bonchev–Trinajstić information content (AvgIpc) is 2.46. The van der Waals surface area contributed by atoms with Gasteiger partial charge in [-0.25, -0.2) is 15.8 Å². The van der Waals surface area contributed by atoms with Crippen molar-refractivity contribution in [2.75, 3.05) is 16.6 Å². The maximum absolute atomic E-state index is 11.9. The van der Waals surface area contributed by atoms with Crippen molar-refractivity contribution >= 4 is 39.2 Å². The number of amides is 1. The van der Waals surface area contributed by atoms with Crippen LogP contribution in [0.5, 0.6) is 0 Å². The topological polar surface area (TPSA) is 131 Å². The van der Waals surface area contributed by atoms with Crippen LogP contribution in [0.25, 0.3) is 0 Å². The minimum atomic E-state index is -0.322. The summed E-state index contributed by atoms with van der Waals surface area (Å²) < 4.78 is 0.890. The van der Waals surface area contributed by atoms with E-state index in [4.69, 9.17) is 11.6 Å². The molecule has 2 aromatic rings. The largest absolute Gasteiger partial charge is 0.393 e. The van der Waals surface area contributed by atoms with Crippen molar-refractivity contribution in [3.63, 3.8) is 0 Å². The van der Waals surface area contributed by atoms with Gasteiger partial charge in [-0.05, 0) is 24.3 Å². The van der Waals surface area contributed by atoms with Gasteiger partial charge in [0.15, 0.2) is 11.6 Å². The first-order chi connectivity index (χ1) is 9.61. The maximum Gasteiger partial charge on any atom is 0.269 e. The number of hydrogen-bond acceptors (Lipinski definition) is 7. The molecule has 1 amide bonds. The Kier molecular flexibility index (Phi) is 4.33. The van der Waals surface area contributed by atoms with E-state index < -0.39 is 0 Å². The van der Waals surface area contributed by atoms with Gasteiger partial charge in [-0.1, -0.05) is 15.9 Å². The highest BCUT2D eigenvalue weighted by atomic mass is 79.9. The number of anilines is 3. The van der Waals surface area contributed by atoms with E-state index in [-0.39, 0.29) is 23.2 Å². The summed E-state index contributed by atoms with van der Waals surface area (Å²) >= 11 is 3.30. The van der Waals surface area contributed by atoms with Crippen molar-refractivity contribution in [1.29, 1.82) is 0 Å². The number of hydrogen-bond donors (Lipinski definition) is 5. The van der Waals surface area contributed by atoms with Crippen LogP contribution >= 0.6 is 15.9 Å². The number of aromatic nitrogens is 2. The number of nitrogens with two attached hydrogens (primary N) is 2. The predicted molar refractivity (Wildman–Crippen MR) is 79.5 cm³/mol. The van der Waals surface area contributed by atoms with Crippen LogP contribution in [-0.4, -0.2) is 15.9 Å². The zero-order valence-corrected chi connectivity index (χ0v) is 11.8. The minimum Gasteiger partial charge on any atom is -0.393 e. The van der Waals surface area contributed by atoms with Crippen LogP contribution in [0.15, 0.2) is 35.1 Å². The number of nitrogens with zero attached hydrogens (tertiary/aromatic N) is 2. The van der Waals surface area contributed by atoms with E-state index in [0.717, 1.165) is 4.47 Å². The number of nitrogen functional groups attached to an aromatic ring is 2. The molecule has 0 aliphatic carbocycles. The first-order valence-corrected chi connectivity index (χ1v) is 6.30. The maximum atomic E-state index is 11.9. The Labute approximate surface area is 123 Å². The quantitative estimate of drug-likeness (QED) is 0.413. The van der Waals surface area contributed by atoms with Crippen molar-refractivity contribution < 1.29 is 4.79 Å². The molecule has 20 heavy (non-hydrogen) atoms. The molecule has 0 aliphatic heterocycles. The molecule has 1 aromatic carbocycles. The number of carbonyl (C=O) groups excluding carboxylic acids is 1. The van der Waals surface area contributed by atoms with Gasteiger partial charge in [0.05, 0.1) is 0 Å². The minimum absolute atomic E-state index is 0.200. The van der Waals surface area contributed by atoms with Crippen LogP contribution in [-0.2, 0) is 0 Å². The van der Waals surface area contributed by atoms with E-state index >= 15 is 0 Å². The van der Waals surface area contributed by atoms with Gasteiger partial charge in [-0.3, -0.25) is 15.6 Å².